The first-order valence-electron chi connectivity index (χ1n) is 13.4. The van der Waals surface area contributed by atoms with Crippen LogP contribution in [0.3, 0.4) is 0 Å². The first kappa shape index (κ1) is 27.0. The summed E-state index contributed by atoms with van der Waals surface area (Å²) in [6.45, 7) is 1.55. The van der Waals surface area contributed by atoms with E-state index >= 15 is 0 Å². The Morgan fingerprint density at radius 1 is 1.00 bits per heavy atom. The zero-order valence-corrected chi connectivity index (χ0v) is 22.4. The lowest BCUT2D eigenvalue weighted by molar-refractivity contribution is 0.0705. The first-order chi connectivity index (χ1) is 20.5. The minimum atomic E-state index is -0.687. The highest BCUT2D eigenvalue weighted by molar-refractivity contribution is 5.92. The molecule has 5 aromatic rings. The van der Waals surface area contributed by atoms with Crippen LogP contribution in [-0.4, -0.2) is 48.7 Å². The molecular weight excluding hydrogens is 541 g/mol. The number of rotatable bonds is 7. The van der Waals surface area contributed by atoms with Crippen molar-refractivity contribution in [2.24, 2.45) is 5.92 Å². The second-order valence-corrected chi connectivity index (χ2v) is 9.90. The molecule has 4 heterocycles. The maximum atomic E-state index is 14.9. The number of fused-ring (bicyclic) bond motifs is 1. The fourth-order valence-corrected chi connectivity index (χ4v) is 5.08. The maximum Gasteiger partial charge on any atom is 0.277 e. The van der Waals surface area contributed by atoms with Crippen LogP contribution in [-0.2, 0) is 6.54 Å². The second-order valence-electron chi connectivity index (χ2n) is 9.90. The molecule has 0 saturated carbocycles. The number of hydroxylamine groups is 1. The highest BCUT2D eigenvalue weighted by atomic mass is 19.1. The molecule has 1 fully saturated rings. The van der Waals surface area contributed by atoms with Gasteiger partial charge >= 0.3 is 0 Å². The van der Waals surface area contributed by atoms with E-state index < -0.39 is 17.3 Å². The lowest BCUT2D eigenvalue weighted by atomic mass is 9.96. The van der Waals surface area contributed by atoms with Gasteiger partial charge in [0.25, 0.3) is 11.5 Å². The predicted molar refractivity (Wildman–Crippen MR) is 152 cm³/mol. The van der Waals surface area contributed by atoms with Gasteiger partial charge in [-0.2, -0.15) is 0 Å². The summed E-state index contributed by atoms with van der Waals surface area (Å²) in [6, 6.07) is 17.1. The topological polar surface area (TPSA) is 135 Å². The van der Waals surface area contributed by atoms with E-state index in [0.29, 0.717) is 55.6 Å². The molecule has 42 heavy (non-hydrogen) atoms. The van der Waals surface area contributed by atoms with Crippen LogP contribution in [0.4, 0.5) is 10.3 Å². The molecule has 1 amide bonds. The van der Waals surface area contributed by atoms with Crippen LogP contribution >= 0.6 is 0 Å². The fourth-order valence-electron chi connectivity index (χ4n) is 5.08. The average Bonchev–Trinajstić information content (AvgIpc) is 3.03. The number of benzene rings is 2. The number of aromatic nitrogens is 5. The molecule has 6 rings (SSSR count). The van der Waals surface area contributed by atoms with E-state index in [0.717, 1.165) is 0 Å². The Kier molecular flexibility index (Phi) is 7.52. The molecule has 1 aliphatic heterocycles. The number of carbonyl (C=O) groups excluding carboxylic acids is 1. The van der Waals surface area contributed by atoms with Crippen LogP contribution < -0.4 is 20.7 Å². The van der Waals surface area contributed by atoms with Crippen LogP contribution in [0.15, 0.2) is 84.0 Å². The first-order valence-corrected chi connectivity index (χ1v) is 13.4. The van der Waals surface area contributed by atoms with Crippen molar-refractivity contribution in [1.29, 1.82) is 0 Å². The Labute approximate surface area is 239 Å². The third-order valence-corrected chi connectivity index (χ3v) is 7.24. The van der Waals surface area contributed by atoms with E-state index in [-0.39, 0.29) is 28.3 Å². The summed E-state index contributed by atoms with van der Waals surface area (Å²) in [5, 5.41) is 8.74. The van der Waals surface area contributed by atoms with Crippen LogP contribution in [0, 0.1) is 11.7 Å². The van der Waals surface area contributed by atoms with Gasteiger partial charge in [-0.3, -0.25) is 19.4 Å². The van der Waals surface area contributed by atoms with E-state index in [2.05, 4.69) is 15.0 Å². The zero-order valence-electron chi connectivity index (χ0n) is 22.4. The third kappa shape index (κ3) is 5.39. The molecule has 0 spiro atoms. The van der Waals surface area contributed by atoms with Gasteiger partial charge in [-0.05, 0) is 55.2 Å². The largest absolute Gasteiger partial charge is 0.438 e. The third-order valence-electron chi connectivity index (χ3n) is 7.24. The summed E-state index contributed by atoms with van der Waals surface area (Å²) in [5.74, 6) is 0.450. The minimum absolute atomic E-state index is 0.0616. The molecule has 0 bridgehead atoms. The standard InChI is InChI=1S/C30H26FN7O4/c31-23-9-4-10-24-25(23)29(40)38(26(35-24)22-8-5-13-32-28(22)42-21-6-2-1-3-7-21)18-19-11-14-37(15-12-19)30-33-16-20(17-34-30)27(39)36-41/h1-10,13,16-17,19,41H,11-12,14-15,18H2,(H,36,39). The average molecular weight is 568 g/mol. The number of halogens is 1. The van der Waals surface area contributed by atoms with Crippen molar-refractivity contribution in [1.82, 2.24) is 30.0 Å². The highest BCUT2D eigenvalue weighted by Crippen LogP contribution is 2.32. The van der Waals surface area contributed by atoms with Crippen molar-refractivity contribution in [2.45, 2.75) is 19.4 Å². The number of piperidine rings is 1. The van der Waals surface area contributed by atoms with E-state index in [4.69, 9.17) is 14.9 Å². The Bertz CT molecular complexity index is 1790. The number of carbonyl (C=O) groups is 1. The number of hydrogen-bond acceptors (Lipinski definition) is 9. The summed E-state index contributed by atoms with van der Waals surface area (Å²) < 4.78 is 22.5. The molecule has 0 aliphatic carbocycles. The molecular formula is C30H26FN7O4. The highest BCUT2D eigenvalue weighted by Gasteiger charge is 2.25. The summed E-state index contributed by atoms with van der Waals surface area (Å²) in [4.78, 5) is 45.1. The lowest BCUT2D eigenvalue weighted by Crippen LogP contribution is -2.38. The number of nitrogens with one attached hydrogen (secondary N) is 1. The van der Waals surface area contributed by atoms with Gasteiger partial charge in [0.15, 0.2) is 0 Å². The van der Waals surface area contributed by atoms with Crippen molar-refractivity contribution < 1.29 is 19.1 Å². The van der Waals surface area contributed by atoms with Crippen molar-refractivity contribution >= 4 is 22.8 Å². The lowest BCUT2D eigenvalue weighted by Gasteiger charge is -2.32. The van der Waals surface area contributed by atoms with Gasteiger partial charge in [0.2, 0.25) is 11.8 Å². The van der Waals surface area contributed by atoms with E-state index in [1.54, 1.807) is 42.0 Å². The summed E-state index contributed by atoms with van der Waals surface area (Å²) >= 11 is 0. The van der Waals surface area contributed by atoms with Crippen molar-refractivity contribution in [3.05, 3.63) is 101 Å². The van der Waals surface area contributed by atoms with Crippen molar-refractivity contribution in [2.75, 3.05) is 18.0 Å². The van der Waals surface area contributed by atoms with Crippen LogP contribution in [0.2, 0.25) is 0 Å². The van der Waals surface area contributed by atoms with Gasteiger partial charge in [-0.15, -0.1) is 0 Å². The van der Waals surface area contributed by atoms with Gasteiger partial charge in [-0.25, -0.2) is 29.8 Å². The minimum Gasteiger partial charge on any atom is -0.438 e. The summed E-state index contributed by atoms with van der Waals surface area (Å²) in [5.41, 5.74) is 2.01. The maximum absolute atomic E-state index is 14.9. The molecule has 12 heteroatoms. The molecule has 2 aromatic carbocycles. The van der Waals surface area contributed by atoms with Crippen LogP contribution in [0.25, 0.3) is 22.3 Å². The van der Waals surface area contributed by atoms with Gasteiger partial charge in [0.1, 0.15) is 22.8 Å². The molecule has 11 nitrogen and oxygen atoms in total. The zero-order chi connectivity index (χ0) is 29.1. The summed E-state index contributed by atoms with van der Waals surface area (Å²) in [6.07, 6.45) is 5.73. The molecule has 2 N–H and O–H groups in total. The second kappa shape index (κ2) is 11.7. The molecule has 212 valence electrons. The Balaban J connectivity index is 1.31. The number of hydrogen-bond donors (Lipinski definition) is 2. The van der Waals surface area contributed by atoms with E-state index in [1.807, 2.05) is 23.1 Å². The quantitative estimate of drug-likeness (QED) is 0.219. The smallest absolute Gasteiger partial charge is 0.277 e. The number of amides is 1. The van der Waals surface area contributed by atoms with Gasteiger partial charge < -0.3 is 9.64 Å². The predicted octanol–water partition coefficient (Wildman–Crippen LogP) is 4.22. The van der Waals surface area contributed by atoms with Gasteiger partial charge in [0, 0.05) is 38.2 Å². The molecule has 3 aromatic heterocycles. The van der Waals surface area contributed by atoms with E-state index in [1.165, 1.54) is 29.1 Å². The number of ether oxygens (including phenoxy) is 1. The van der Waals surface area contributed by atoms with Gasteiger partial charge in [0.05, 0.1) is 16.6 Å². The number of anilines is 1. The monoisotopic (exact) mass is 567 g/mol. The molecule has 0 unspecified atom stereocenters. The Hall–Kier alpha value is -5.23. The summed E-state index contributed by atoms with van der Waals surface area (Å²) in [7, 11) is 0. The van der Waals surface area contributed by atoms with Gasteiger partial charge in [-0.1, -0.05) is 24.3 Å². The number of pyridine rings is 1. The molecule has 0 radical (unpaired) electrons. The van der Waals surface area contributed by atoms with E-state index in [9.17, 15) is 14.0 Å². The van der Waals surface area contributed by atoms with Crippen molar-refractivity contribution in [3.63, 3.8) is 0 Å². The Morgan fingerprint density at radius 2 is 1.76 bits per heavy atom. The Morgan fingerprint density at radius 3 is 2.50 bits per heavy atom. The fraction of sp³-hybridized carbons (Fsp3) is 0.200. The normalized spacial score (nSPS) is 13.7. The molecule has 1 aliphatic rings. The number of nitrogens with zero attached hydrogens (tertiary/aromatic N) is 6. The molecule has 1 saturated heterocycles. The molecule has 0 atom stereocenters. The van der Waals surface area contributed by atoms with Crippen LogP contribution in [0.5, 0.6) is 11.6 Å². The SMILES string of the molecule is O=C(NO)c1cnc(N2CCC(Cn3c(-c4cccnc4Oc4ccccc4)nc4cccc(F)c4c3=O)CC2)nc1. The van der Waals surface area contributed by atoms with Crippen LogP contribution in [0.1, 0.15) is 23.2 Å². The number of para-hydroxylation sites is 1. The van der Waals surface area contributed by atoms with Crippen molar-refractivity contribution in [3.8, 4) is 23.0 Å².